The quantitative estimate of drug-likeness (QED) is 0.765. The van der Waals surface area contributed by atoms with Gasteiger partial charge in [-0.3, -0.25) is 9.89 Å². The number of H-pyrrole nitrogens is 2. The van der Waals surface area contributed by atoms with Crippen LogP contribution in [0.4, 0.5) is 0 Å². The van der Waals surface area contributed by atoms with Gasteiger partial charge >= 0.3 is 0 Å². The summed E-state index contributed by atoms with van der Waals surface area (Å²) in [5.74, 6) is 0.605. The first-order chi connectivity index (χ1) is 12.1. The van der Waals surface area contributed by atoms with Gasteiger partial charge in [-0.05, 0) is 24.0 Å². The molecule has 0 unspecified atom stereocenters. The van der Waals surface area contributed by atoms with Crippen LogP contribution in [0.5, 0.6) is 0 Å². The molecule has 2 N–H and O–H groups in total. The molecular weight excluding hydrogens is 312 g/mol. The number of para-hydroxylation sites is 1. The van der Waals surface area contributed by atoms with Crippen molar-refractivity contribution in [1.82, 2.24) is 20.1 Å². The van der Waals surface area contributed by atoms with Gasteiger partial charge in [0.25, 0.3) is 0 Å². The summed E-state index contributed by atoms with van der Waals surface area (Å²) >= 11 is 0. The molecule has 0 atom stereocenters. The van der Waals surface area contributed by atoms with E-state index >= 15 is 0 Å². The molecule has 0 spiro atoms. The number of nitrogens with zero attached hydrogens (tertiary/aromatic N) is 2. The SMILES string of the molecule is CC(C)c1n[nH]c2c1CN(C(=O)CCc1c[nH]c3ccccc13)CC2. The number of carbonyl (C=O) groups excluding carboxylic acids is 1. The van der Waals surface area contributed by atoms with Gasteiger partial charge in [0.2, 0.25) is 5.91 Å². The van der Waals surface area contributed by atoms with E-state index in [-0.39, 0.29) is 5.91 Å². The fraction of sp³-hybridized carbons (Fsp3) is 0.400. The van der Waals surface area contributed by atoms with Gasteiger partial charge in [-0.1, -0.05) is 32.0 Å². The number of aryl methyl sites for hydroxylation is 1. The lowest BCUT2D eigenvalue weighted by Crippen LogP contribution is -2.36. The zero-order valence-electron chi connectivity index (χ0n) is 14.8. The number of hydrogen-bond donors (Lipinski definition) is 2. The Morgan fingerprint density at radius 1 is 1.32 bits per heavy atom. The summed E-state index contributed by atoms with van der Waals surface area (Å²) < 4.78 is 0. The fourth-order valence-corrected chi connectivity index (χ4v) is 3.75. The van der Waals surface area contributed by atoms with E-state index in [2.05, 4.69) is 41.2 Å². The minimum atomic E-state index is 0.229. The molecule has 0 bridgehead atoms. The monoisotopic (exact) mass is 336 g/mol. The second-order valence-electron chi connectivity index (χ2n) is 7.15. The molecule has 5 heteroatoms. The molecule has 1 aliphatic heterocycles. The molecule has 1 aliphatic rings. The van der Waals surface area contributed by atoms with E-state index in [0.717, 1.165) is 30.6 Å². The number of carbonyl (C=O) groups is 1. The molecule has 3 heterocycles. The molecule has 3 aromatic rings. The second-order valence-corrected chi connectivity index (χ2v) is 7.15. The van der Waals surface area contributed by atoms with Gasteiger partial charge in [0.1, 0.15) is 0 Å². The molecule has 130 valence electrons. The fourth-order valence-electron chi connectivity index (χ4n) is 3.75. The maximum atomic E-state index is 12.7. The molecule has 0 saturated heterocycles. The Morgan fingerprint density at radius 3 is 3.00 bits per heavy atom. The van der Waals surface area contributed by atoms with Gasteiger partial charge in [-0.15, -0.1) is 0 Å². The second kappa shape index (κ2) is 6.39. The summed E-state index contributed by atoms with van der Waals surface area (Å²) in [5.41, 5.74) is 5.87. The van der Waals surface area contributed by atoms with E-state index in [4.69, 9.17) is 0 Å². The molecule has 1 amide bonds. The van der Waals surface area contributed by atoms with Crippen LogP contribution in [0.15, 0.2) is 30.5 Å². The van der Waals surface area contributed by atoms with Crippen LogP contribution in [-0.2, 0) is 24.2 Å². The van der Waals surface area contributed by atoms with Crippen molar-refractivity contribution >= 4 is 16.8 Å². The summed E-state index contributed by atoms with van der Waals surface area (Å²) in [6, 6.07) is 8.24. The predicted molar refractivity (Wildman–Crippen MR) is 98.4 cm³/mol. The molecule has 0 radical (unpaired) electrons. The summed E-state index contributed by atoms with van der Waals surface area (Å²) in [4.78, 5) is 18.0. The smallest absolute Gasteiger partial charge is 0.223 e. The van der Waals surface area contributed by atoms with Gasteiger partial charge in [0.05, 0.1) is 5.69 Å². The molecule has 0 fully saturated rings. The predicted octanol–water partition coefficient (Wildman–Crippen LogP) is 3.53. The highest BCUT2D eigenvalue weighted by Gasteiger charge is 2.25. The topological polar surface area (TPSA) is 64.8 Å². The number of fused-ring (bicyclic) bond motifs is 2. The zero-order valence-corrected chi connectivity index (χ0v) is 14.8. The van der Waals surface area contributed by atoms with Crippen molar-refractivity contribution in [3.8, 4) is 0 Å². The van der Waals surface area contributed by atoms with Gasteiger partial charge in [-0.25, -0.2) is 0 Å². The van der Waals surface area contributed by atoms with E-state index < -0.39 is 0 Å². The zero-order chi connectivity index (χ0) is 17.4. The number of rotatable bonds is 4. The van der Waals surface area contributed by atoms with E-state index in [1.54, 1.807) is 0 Å². The van der Waals surface area contributed by atoms with E-state index in [1.165, 1.54) is 22.2 Å². The summed E-state index contributed by atoms with van der Waals surface area (Å²) in [6.45, 7) is 5.76. The van der Waals surface area contributed by atoms with Crippen LogP contribution in [0.2, 0.25) is 0 Å². The van der Waals surface area contributed by atoms with E-state index in [0.29, 0.717) is 18.9 Å². The van der Waals surface area contributed by atoms with Crippen LogP contribution in [-0.4, -0.2) is 32.5 Å². The average molecular weight is 336 g/mol. The van der Waals surface area contributed by atoms with Crippen LogP contribution in [0.1, 0.15) is 48.7 Å². The summed E-state index contributed by atoms with van der Waals surface area (Å²) in [5, 5.41) is 8.81. The highest BCUT2D eigenvalue weighted by atomic mass is 16.2. The van der Waals surface area contributed by atoms with Crippen molar-refractivity contribution in [1.29, 1.82) is 0 Å². The molecule has 5 nitrogen and oxygen atoms in total. The summed E-state index contributed by atoms with van der Waals surface area (Å²) in [6.07, 6.45) is 4.22. The number of amides is 1. The van der Waals surface area contributed by atoms with Gasteiger partial charge in [0.15, 0.2) is 0 Å². The average Bonchev–Trinajstić information content (AvgIpc) is 3.23. The third-order valence-corrected chi connectivity index (χ3v) is 5.15. The molecule has 0 aliphatic carbocycles. The van der Waals surface area contributed by atoms with Crippen molar-refractivity contribution < 1.29 is 4.79 Å². The largest absolute Gasteiger partial charge is 0.361 e. The highest BCUT2D eigenvalue weighted by molar-refractivity contribution is 5.84. The Balaban J connectivity index is 1.44. The standard InChI is InChI=1S/C20H24N4O/c1-13(2)20-16-12-24(10-9-18(16)22-23-20)19(25)8-7-14-11-21-17-6-4-3-5-15(14)17/h3-6,11,13,21H,7-10,12H2,1-2H3,(H,22,23). The molecule has 4 rings (SSSR count). The molecule has 0 saturated carbocycles. The first kappa shape index (κ1) is 15.9. The van der Waals surface area contributed by atoms with Gasteiger partial charge in [-0.2, -0.15) is 5.10 Å². The van der Waals surface area contributed by atoms with Gasteiger partial charge in [0, 0.05) is 54.3 Å². The lowest BCUT2D eigenvalue weighted by molar-refractivity contribution is -0.132. The lowest BCUT2D eigenvalue weighted by atomic mass is 9.99. The molecule has 25 heavy (non-hydrogen) atoms. The third kappa shape index (κ3) is 2.95. The van der Waals surface area contributed by atoms with Crippen molar-refractivity contribution in [2.24, 2.45) is 0 Å². The first-order valence-corrected chi connectivity index (χ1v) is 9.02. The molecule has 1 aromatic carbocycles. The normalized spacial score (nSPS) is 14.3. The lowest BCUT2D eigenvalue weighted by Gasteiger charge is -2.27. The van der Waals surface area contributed by atoms with Crippen LogP contribution >= 0.6 is 0 Å². The van der Waals surface area contributed by atoms with E-state index in [9.17, 15) is 4.79 Å². The maximum Gasteiger partial charge on any atom is 0.223 e. The first-order valence-electron chi connectivity index (χ1n) is 9.02. The van der Waals surface area contributed by atoms with E-state index in [1.807, 2.05) is 23.2 Å². The van der Waals surface area contributed by atoms with Crippen LogP contribution in [0, 0.1) is 0 Å². The maximum absolute atomic E-state index is 12.7. The Hall–Kier alpha value is -2.56. The highest BCUT2D eigenvalue weighted by Crippen LogP contribution is 2.26. The summed E-state index contributed by atoms with van der Waals surface area (Å²) in [7, 11) is 0. The number of benzene rings is 1. The number of nitrogens with one attached hydrogen (secondary N) is 2. The number of aromatic amines is 2. The Morgan fingerprint density at radius 2 is 2.16 bits per heavy atom. The van der Waals surface area contributed by atoms with Crippen LogP contribution in [0.3, 0.4) is 0 Å². The minimum absolute atomic E-state index is 0.229. The molecule has 2 aromatic heterocycles. The number of hydrogen-bond acceptors (Lipinski definition) is 2. The van der Waals surface area contributed by atoms with Crippen molar-refractivity contribution in [2.75, 3.05) is 6.54 Å². The minimum Gasteiger partial charge on any atom is -0.361 e. The Kier molecular flexibility index (Phi) is 4.07. The third-order valence-electron chi connectivity index (χ3n) is 5.15. The van der Waals surface area contributed by atoms with Crippen LogP contribution < -0.4 is 0 Å². The Labute approximate surface area is 147 Å². The number of aromatic nitrogens is 3. The van der Waals surface area contributed by atoms with Crippen molar-refractivity contribution in [2.45, 2.75) is 45.6 Å². The van der Waals surface area contributed by atoms with Crippen molar-refractivity contribution in [3.63, 3.8) is 0 Å². The van der Waals surface area contributed by atoms with Crippen molar-refractivity contribution in [3.05, 3.63) is 53.0 Å². The Bertz CT molecular complexity index is 905. The molecular formula is C20H24N4O. The van der Waals surface area contributed by atoms with Gasteiger partial charge < -0.3 is 9.88 Å². The van der Waals surface area contributed by atoms with Crippen LogP contribution in [0.25, 0.3) is 10.9 Å².